The summed E-state index contributed by atoms with van der Waals surface area (Å²) in [7, 11) is 0. The van der Waals surface area contributed by atoms with Crippen LogP contribution in [0, 0.1) is 6.92 Å². The van der Waals surface area contributed by atoms with Crippen LogP contribution in [0.5, 0.6) is 0 Å². The van der Waals surface area contributed by atoms with Crippen LogP contribution in [-0.2, 0) is 6.18 Å². The maximum absolute atomic E-state index is 13.0. The molecule has 0 amide bonds. The van der Waals surface area contributed by atoms with Gasteiger partial charge in [-0.1, -0.05) is 0 Å². The van der Waals surface area contributed by atoms with Gasteiger partial charge < -0.3 is 0 Å². The zero-order chi connectivity index (χ0) is 14.3. The highest BCUT2D eigenvalue weighted by Gasteiger charge is 2.35. The van der Waals surface area contributed by atoms with Crippen molar-refractivity contribution in [3.63, 3.8) is 0 Å². The Morgan fingerprint density at radius 1 is 1.10 bits per heavy atom. The van der Waals surface area contributed by atoms with Crippen molar-refractivity contribution < 1.29 is 13.2 Å². The number of hydrogen-bond donors (Lipinski definition) is 0. The van der Waals surface area contributed by atoms with Crippen molar-refractivity contribution in [3.05, 3.63) is 47.9 Å². The van der Waals surface area contributed by atoms with Gasteiger partial charge >= 0.3 is 6.18 Å². The number of alkyl halides is 3. The van der Waals surface area contributed by atoms with Gasteiger partial charge in [-0.25, -0.2) is 9.97 Å². The Kier molecular flexibility index (Phi) is 2.70. The molecule has 0 bridgehead atoms. The van der Waals surface area contributed by atoms with Crippen LogP contribution < -0.4 is 0 Å². The van der Waals surface area contributed by atoms with E-state index in [0.717, 1.165) is 16.3 Å². The van der Waals surface area contributed by atoms with E-state index >= 15 is 0 Å². The Labute approximate surface area is 111 Å². The van der Waals surface area contributed by atoms with Crippen molar-refractivity contribution in [2.45, 2.75) is 13.1 Å². The van der Waals surface area contributed by atoms with E-state index in [9.17, 15) is 13.2 Å². The predicted octanol–water partition coefficient (Wildman–Crippen LogP) is 3.14. The van der Waals surface area contributed by atoms with Gasteiger partial charge in [0.25, 0.3) is 0 Å². The topological polar surface area (TPSA) is 43.6 Å². The number of aromatic nitrogens is 4. The largest absolute Gasteiger partial charge is 0.420 e. The summed E-state index contributed by atoms with van der Waals surface area (Å²) in [4.78, 5) is 7.90. The van der Waals surface area contributed by atoms with Crippen LogP contribution >= 0.6 is 0 Å². The van der Waals surface area contributed by atoms with Gasteiger partial charge in [-0.05, 0) is 30.7 Å². The Morgan fingerprint density at radius 2 is 1.90 bits per heavy atom. The molecule has 3 heterocycles. The summed E-state index contributed by atoms with van der Waals surface area (Å²) in [5, 5.41) is 4.69. The minimum absolute atomic E-state index is 0.270. The molecule has 0 unspecified atom stereocenters. The molecule has 0 radical (unpaired) electrons. The van der Waals surface area contributed by atoms with Crippen molar-refractivity contribution in [2.75, 3.05) is 0 Å². The normalized spacial score (nSPS) is 12.0. The van der Waals surface area contributed by atoms with E-state index in [2.05, 4.69) is 15.1 Å². The first-order valence-electron chi connectivity index (χ1n) is 5.80. The monoisotopic (exact) mass is 278 g/mol. The number of fused-ring (bicyclic) bond motifs is 1. The summed E-state index contributed by atoms with van der Waals surface area (Å²) in [6.07, 6.45) is -0.169. The number of aryl methyl sites for hydroxylation is 1. The zero-order valence-corrected chi connectivity index (χ0v) is 10.4. The Hall–Kier alpha value is -2.44. The summed E-state index contributed by atoms with van der Waals surface area (Å²) in [5.74, 6) is -0.270. The molecule has 0 aliphatic carbocycles. The Bertz CT molecular complexity index is 777. The minimum Gasteiger partial charge on any atom is -0.237 e. The van der Waals surface area contributed by atoms with E-state index in [1.807, 2.05) is 6.92 Å². The van der Waals surface area contributed by atoms with Crippen LogP contribution in [0.2, 0.25) is 0 Å². The molecule has 0 fully saturated rings. The summed E-state index contributed by atoms with van der Waals surface area (Å²) in [6, 6.07) is 4.00. The molecular weight excluding hydrogens is 269 g/mol. The fourth-order valence-corrected chi connectivity index (χ4v) is 2.00. The van der Waals surface area contributed by atoms with Gasteiger partial charge in [0.15, 0.2) is 11.5 Å². The van der Waals surface area contributed by atoms with E-state index in [4.69, 9.17) is 0 Å². The third-order valence-electron chi connectivity index (χ3n) is 2.98. The lowest BCUT2D eigenvalue weighted by molar-refractivity contribution is -0.137. The summed E-state index contributed by atoms with van der Waals surface area (Å²) in [5.41, 5.74) is 0.410. The van der Waals surface area contributed by atoms with E-state index in [1.165, 1.54) is 24.7 Å². The van der Waals surface area contributed by atoms with Crippen molar-refractivity contribution in [1.82, 2.24) is 19.7 Å². The molecule has 0 spiro atoms. The van der Waals surface area contributed by atoms with E-state index in [-0.39, 0.29) is 5.82 Å². The molecule has 0 N–H and O–H groups in total. The molecule has 3 aromatic heterocycles. The fraction of sp³-hybridized carbons (Fsp3) is 0.154. The van der Waals surface area contributed by atoms with E-state index in [1.54, 1.807) is 6.07 Å². The quantitative estimate of drug-likeness (QED) is 0.686. The molecule has 0 aliphatic rings. The molecule has 0 aliphatic heterocycles. The molecule has 7 heteroatoms. The van der Waals surface area contributed by atoms with Crippen LogP contribution in [0.15, 0.2) is 36.8 Å². The first-order chi connectivity index (χ1) is 9.48. The lowest BCUT2D eigenvalue weighted by Gasteiger charge is -2.11. The van der Waals surface area contributed by atoms with Gasteiger partial charge in [0.05, 0.1) is 6.20 Å². The highest BCUT2D eigenvalue weighted by atomic mass is 19.4. The number of pyridine rings is 2. The summed E-state index contributed by atoms with van der Waals surface area (Å²) < 4.78 is 40.2. The number of halogens is 3. The van der Waals surface area contributed by atoms with Crippen molar-refractivity contribution in [1.29, 1.82) is 0 Å². The van der Waals surface area contributed by atoms with Crippen molar-refractivity contribution in [2.24, 2.45) is 0 Å². The number of hydrogen-bond acceptors (Lipinski definition) is 3. The van der Waals surface area contributed by atoms with Crippen LogP contribution in [0.25, 0.3) is 16.9 Å². The standard InChI is InChI=1S/C13H9F3N4/c1-8-4-6-18-11-9(8)7-19-20(11)12-10(13(14,15)16)3-2-5-17-12/h2-7H,1H3. The lowest BCUT2D eigenvalue weighted by Crippen LogP contribution is -2.13. The average molecular weight is 278 g/mol. The smallest absolute Gasteiger partial charge is 0.237 e. The Balaban J connectivity index is 2.30. The van der Waals surface area contributed by atoms with Gasteiger partial charge in [-0.2, -0.15) is 23.0 Å². The molecule has 3 aromatic rings. The molecule has 0 saturated carbocycles. The number of nitrogens with zero attached hydrogens (tertiary/aromatic N) is 4. The van der Waals surface area contributed by atoms with Gasteiger partial charge in [-0.15, -0.1) is 0 Å². The third-order valence-corrected chi connectivity index (χ3v) is 2.98. The van der Waals surface area contributed by atoms with Crippen molar-refractivity contribution >= 4 is 11.0 Å². The van der Waals surface area contributed by atoms with E-state index in [0.29, 0.717) is 11.0 Å². The minimum atomic E-state index is -4.49. The van der Waals surface area contributed by atoms with Gasteiger partial charge in [0.1, 0.15) is 5.56 Å². The number of rotatable bonds is 1. The molecule has 4 nitrogen and oxygen atoms in total. The molecule has 20 heavy (non-hydrogen) atoms. The second kappa shape index (κ2) is 4.29. The molecular formula is C13H9F3N4. The lowest BCUT2D eigenvalue weighted by atomic mass is 10.2. The zero-order valence-electron chi connectivity index (χ0n) is 10.4. The van der Waals surface area contributed by atoms with Crippen LogP contribution in [0.4, 0.5) is 13.2 Å². The van der Waals surface area contributed by atoms with E-state index < -0.39 is 11.7 Å². The van der Waals surface area contributed by atoms with Crippen LogP contribution in [-0.4, -0.2) is 19.7 Å². The second-order valence-electron chi connectivity index (χ2n) is 4.29. The highest BCUT2D eigenvalue weighted by molar-refractivity contribution is 5.79. The second-order valence-corrected chi connectivity index (χ2v) is 4.29. The molecule has 102 valence electrons. The molecule has 3 rings (SSSR count). The molecule has 0 aromatic carbocycles. The predicted molar refractivity (Wildman–Crippen MR) is 66.4 cm³/mol. The first kappa shape index (κ1) is 12.6. The van der Waals surface area contributed by atoms with Crippen molar-refractivity contribution in [3.8, 4) is 5.82 Å². The average Bonchev–Trinajstić information content (AvgIpc) is 2.83. The van der Waals surface area contributed by atoms with Crippen LogP contribution in [0.1, 0.15) is 11.1 Å². The molecule has 0 saturated heterocycles. The molecule has 0 atom stereocenters. The first-order valence-corrected chi connectivity index (χ1v) is 5.80. The fourth-order valence-electron chi connectivity index (χ4n) is 2.00. The Morgan fingerprint density at radius 3 is 2.65 bits per heavy atom. The summed E-state index contributed by atoms with van der Waals surface area (Å²) in [6.45, 7) is 1.85. The SMILES string of the molecule is Cc1ccnc2c1cnn2-c1ncccc1C(F)(F)F. The maximum atomic E-state index is 13.0. The van der Waals surface area contributed by atoms with Gasteiger partial charge in [-0.3, -0.25) is 0 Å². The third kappa shape index (κ3) is 1.91. The van der Waals surface area contributed by atoms with Crippen LogP contribution in [0.3, 0.4) is 0 Å². The highest BCUT2D eigenvalue weighted by Crippen LogP contribution is 2.33. The van der Waals surface area contributed by atoms with Gasteiger partial charge in [0, 0.05) is 17.8 Å². The summed E-state index contributed by atoms with van der Waals surface area (Å²) >= 11 is 0. The van der Waals surface area contributed by atoms with Gasteiger partial charge in [0.2, 0.25) is 0 Å². The maximum Gasteiger partial charge on any atom is 0.420 e.